The van der Waals surface area contributed by atoms with Gasteiger partial charge in [0.2, 0.25) is 18.1 Å². The third-order valence-electron chi connectivity index (χ3n) is 9.15. The molecule has 1 N–H and O–H groups in total. The van der Waals surface area contributed by atoms with Gasteiger partial charge in [-0.3, -0.25) is 0 Å². The highest BCUT2D eigenvalue weighted by Crippen LogP contribution is 2.36. The molecule has 0 unspecified atom stereocenters. The smallest absolute Gasteiger partial charge is 0.383 e. The van der Waals surface area contributed by atoms with Crippen LogP contribution in [-0.4, -0.2) is 72.4 Å². The van der Waals surface area contributed by atoms with E-state index in [0.717, 1.165) is 0 Å². The van der Waals surface area contributed by atoms with Crippen LogP contribution in [0, 0.1) is 0 Å². The molecular formula is C46H38O14. The van der Waals surface area contributed by atoms with Gasteiger partial charge in [-0.15, -0.1) is 0 Å². The second-order valence-corrected chi connectivity index (χ2v) is 13.7. The Hall–Kier alpha value is -7.45. The quantitative estimate of drug-likeness (QED) is 0.0720. The minimum atomic E-state index is -1.68. The molecule has 5 aromatic carbocycles. The molecule has 1 aromatic heterocycles. The van der Waals surface area contributed by atoms with Crippen molar-refractivity contribution in [2.45, 2.75) is 50.7 Å². The fraction of sp³-hybridized carbons (Fsp3) is 0.196. The van der Waals surface area contributed by atoms with Crippen LogP contribution in [0.15, 0.2) is 149 Å². The van der Waals surface area contributed by atoms with E-state index in [-0.39, 0.29) is 44.7 Å². The highest BCUT2D eigenvalue weighted by molar-refractivity contribution is 5.92. The van der Waals surface area contributed by atoms with E-state index in [0.29, 0.717) is 0 Å². The van der Waals surface area contributed by atoms with Crippen LogP contribution in [0.5, 0.6) is 17.2 Å². The van der Waals surface area contributed by atoms with Gasteiger partial charge in [-0.1, -0.05) is 72.8 Å². The van der Waals surface area contributed by atoms with Crippen LogP contribution < -0.4 is 15.1 Å². The Bertz CT molecular complexity index is 2510. The van der Waals surface area contributed by atoms with Gasteiger partial charge < -0.3 is 42.7 Å². The summed E-state index contributed by atoms with van der Waals surface area (Å²) in [5, 5.41) is 11.0. The average molecular weight is 815 g/mol. The highest BCUT2D eigenvalue weighted by atomic mass is 16.7. The molecule has 7 rings (SSSR count). The van der Waals surface area contributed by atoms with Crippen LogP contribution >= 0.6 is 0 Å². The summed E-state index contributed by atoms with van der Waals surface area (Å²) in [4.78, 5) is 67.6. The second kappa shape index (κ2) is 18.4. The average Bonchev–Trinajstić information content (AvgIpc) is 3.27. The number of hydrogen-bond acceptors (Lipinski definition) is 14. The lowest BCUT2D eigenvalue weighted by Crippen LogP contribution is -2.63. The fourth-order valence-electron chi connectivity index (χ4n) is 6.32. The maximum Gasteiger partial charge on any atom is 0.383 e. The maximum atomic E-state index is 13.9. The van der Waals surface area contributed by atoms with Crippen LogP contribution in [0.1, 0.15) is 55.3 Å². The van der Waals surface area contributed by atoms with Crippen molar-refractivity contribution in [1.82, 2.24) is 0 Å². The van der Waals surface area contributed by atoms with Gasteiger partial charge >= 0.3 is 29.5 Å². The number of carbonyl (C=O) groups is 4. The van der Waals surface area contributed by atoms with E-state index in [2.05, 4.69) is 0 Å². The van der Waals surface area contributed by atoms with E-state index in [1.54, 1.807) is 98.8 Å². The molecule has 14 nitrogen and oxygen atoms in total. The molecule has 306 valence electrons. The zero-order valence-corrected chi connectivity index (χ0v) is 32.2. The molecule has 6 aromatic rings. The Balaban J connectivity index is 1.32. The molecule has 1 fully saturated rings. The normalized spacial score (nSPS) is 18.6. The third kappa shape index (κ3) is 9.46. The van der Waals surface area contributed by atoms with Crippen LogP contribution in [-0.2, 0) is 23.7 Å². The van der Waals surface area contributed by atoms with Crippen molar-refractivity contribution in [3.05, 3.63) is 172 Å². The summed E-state index contributed by atoms with van der Waals surface area (Å²) >= 11 is 0. The van der Waals surface area contributed by atoms with Gasteiger partial charge in [0.1, 0.15) is 24.0 Å². The first kappa shape index (κ1) is 40.7. The van der Waals surface area contributed by atoms with Crippen molar-refractivity contribution >= 4 is 34.8 Å². The first-order valence-corrected chi connectivity index (χ1v) is 18.8. The van der Waals surface area contributed by atoms with E-state index in [4.69, 9.17) is 37.6 Å². The van der Waals surface area contributed by atoms with Crippen LogP contribution in [0.4, 0.5) is 0 Å². The molecule has 0 amide bonds. The Kier molecular flexibility index (Phi) is 12.5. The summed E-state index contributed by atoms with van der Waals surface area (Å²) in [6.07, 6.45) is -8.49. The number of carbonyl (C=O) groups excluding carboxylic acids is 4. The standard InChI is InChI=1S/C46H38O14/c1-27(2)54-38-36(47)33-24-23-32(25-34(33)56-45(38)52)55-46-40(60-44(51)31-21-13-6-14-22-31)39(59-43(50)30-19-11-5-12-20-30)37(58-42(49)29-17-9-4-10-18-29)35(57-46)26-53-41(48)28-15-7-3-8-16-28/h3-25,27,35,37,39-40,46-47H,26H2,1-2H3/t35-,37-,39+,40+,46+/m1/s1. The molecule has 0 saturated carbocycles. The third-order valence-corrected chi connectivity index (χ3v) is 9.15. The first-order chi connectivity index (χ1) is 29.0. The van der Waals surface area contributed by atoms with Gasteiger partial charge in [-0.25, -0.2) is 24.0 Å². The summed E-state index contributed by atoms with van der Waals surface area (Å²) in [5.74, 6) is -4.23. The Labute approximate surface area is 342 Å². The summed E-state index contributed by atoms with van der Waals surface area (Å²) in [6.45, 7) is 2.79. The van der Waals surface area contributed by atoms with Gasteiger partial charge in [0.05, 0.1) is 33.7 Å². The Morgan fingerprint density at radius 1 is 0.617 bits per heavy atom. The number of esters is 4. The number of fused-ring (bicyclic) bond motifs is 1. The lowest BCUT2D eigenvalue weighted by molar-refractivity contribution is -0.275. The van der Waals surface area contributed by atoms with Crippen molar-refractivity contribution in [2.24, 2.45) is 0 Å². The molecule has 1 saturated heterocycles. The lowest BCUT2D eigenvalue weighted by Gasteiger charge is -2.44. The fourth-order valence-corrected chi connectivity index (χ4v) is 6.32. The van der Waals surface area contributed by atoms with Crippen molar-refractivity contribution in [1.29, 1.82) is 0 Å². The Morgan fingerprint density at radius 3 is 1.58 bits per heavy atom. The van der Waals surface area contributed by atoms with E-state index in [1.165, 1.54) is 54.6 Å². The molecule has 1 aliphatic heterocycles. The maximum absolute atomic E-state index is 13.9. The minimum Gasteiger partial charge on any atom is -0.504 e. The van der Waals surface area contributed by atoms with Crippen molar-refractivity contribution in [2.75, 3.05) is 6.61 Å². The number of benzene rings is 5. The molecule has 2 heterocycles. The topological polar surface area (TPSA) is 183 Å². The molecule has 0 spiro atoms. The number of ether oxygens (including phenoxy) is 7. The summed E-state index contributed by atoms with van der Waals surface area (Å²) in [6, 6.07) is 36.0. The van der Waals surface area contributed by atoms with E-state index in [1.807, 2.05) is 0 Å². The zero-order chi connectivity index (χ0) is 42.2. The van der Waals surface area contributed by atoms with Gasteiger partial charge in [-0.05, 0) is 74.5 Å². The monoisotopic (exact) mass is 814 g/mol. The molecule has 1 aliphatic rings. The largest absolute Gasteiger partial charge is 0.504 e. The first-order valence-electron chi connectivity index (χ1n) is 18.8. The van der Waals surface area contributed by atoms with Crippen molar-refractivity contribution in [3.8, 4) is 17.2 Å². The highest BCUT2D eigenvalue weighted by Gasteiger charge is 2.54. The second-order valence-electron chi connectivity index (χ2n) is 13.7. The number of hydrogen-bond donors (Lipinski definition) is 1. The molecule has 0 aliphatic carbocycles. The summed E-state index contributed by atoms with van der Waals surface area (Å²) in [5.41, 5.74) is -0.489. The van der Waals surface area contributed by atoms with Gasteiger partial charge in [0.15, 0.2) is 18.0 Å². The van der Waals surface area contributed by atoms with Crippen molar-refractivity contribution in [3.63, 3.8) is 0 Å². The summed E-state index contributed by atoms with van der Waals surface area (Å²) < 4.78 is 47.6. The van der Waals surface area contributed by atoms with E-state index >= 15 is 0 Å². The minimum absolute atomic E-state index is 0.0266. The van der Waals surface area contributed by atoms with E-state index < -0.39 is 78.7 Å². The zero-order valence-electron chi connectivity index (χ0n) is 32.2. The molecule has 60 heavy (non-hydrogen) atoms. The molecular weight excluding hydrogens is 776 g/mol. The van der Waals surface area contributed by atoms with Crippen molar-refractivity contribution < 1.29 is 61.9 Å². The summed E-state index contributed by atoms with van der Waals surface area (Å²) in [7, 11) is 0. The SMILES string of the molecule is CC(C)Oc1c(O)c2ccc(O[C@H]3O[C@H](COC(=O)c4ccccc4)[C@@H](OC(=O)c4ccccc4)[C@H](OC(=O)c4ccccc4)[C@@H]3OC(=O)c3ccccc3)cc2oc1=O. The van der Waals surface area contributed by atoms with Crippen LogP contribution in [0.3, 0.4) is 0 Å². The molecule has 0 bridgehead atoms. The predicted molar refractivity (Wildman–Crippen MR) is 213 cm³/mol. The van der Waals surface area contributed by atoms with E-state index in [9.17, 15) is 29.1 Å². The van der Waals surface area contributed by atoms with Gasteiger partial charge in [0.25, 0.3) is 0 Å². The number of rotatable bonds is 13. The van der Waals surface area contributed by atoms with Gasteiger partial charge in [0, 0.05) is 6.07 Å². The van der Waals surface area contributed by atoms with Crippen LogP contribution in [0.25, 0.3) is 11.0 Å². The Morgan fingerprint density at radius 2 is 1.08 bits per heavy atom. The predicted octanol–water partition coefficient (Wildman–Crippen LogP) is 6.92. The van der Waals surface area contributed by atoms with Gasteiger partial charge in [-0.2, -0.15) is 0 Å². The lowest BCUT2D eigenvalue weighted by atomic mass is 9.97. The molecule has 14 heteroatoms. The molecule has 5 atom stereocenters. The molecule has 0 radical (unpaired) electrons. The number of aromatic hydroxyl groups is 1. The van der Waals surface area contributed by atoms with Crippen LogP contribution in [0.2, 0.25) is 0 Å².